The molecular formula is C16H18ClNO. The Balaban J connectivity index is 1.97. The van der Waals surface area contributed by atoms with Crippen molar-refractivity contribution in [3.05, 3.63) is 35.0 Å². The molecule has 0 radical (unpaired) electrons. The predicted molar refractivity (Wildman–Crippen MR) is 78.8 cm³/mol. The highest BCUT2D eigenvalue weighted by molar-refractivity contribution is 6.36. The lowest BCUT2D eigenvalue weighted by atomic mass is 9.91. The van der Waals surface area contributed by atoms with Gasteiger partial charge in [0, 0.05) is 28.6 Å². The number of halogens is 1. The van der Waals surface area contributed by atoms with Crippen LogP contribution in [0.5, 0.6) is 0 Å². The van der Waals surface area contributed by atoms with Crippen LogP contribution in [0, 0.1) is 5.92 Å². The molecule has 0 saturated heterocycles. The van der Waals surface area contributed by atoms with E-state index in [-0.39, 0.29) is 11.7 Å². The number of ketones is 1. The van der Waals surface area contributed by atoms with Crippen molar-refractivity contribution in [2.24, 2.45) is 5.92 Å². The molecule has 3 heteroatoms. The van der Waals surface area contributed by atoms with E-state index in [0.29, 0.717) is 5.02 Å². The second kappa shape index (κ2) is 5.38. The zero-order chi connectivity index (χ0) is 13.2. The van der Waals surface area contributed by atoms with Crippen molar-refractivity contribution in [2.75, 3.05) is 0 Å². The van der Waals surface area contributed by atoms with Crippen molar-refractivity contribution >= 4 is 28.3 Å². The number of carbonyl (C=O) groups is 1. The van der Waals surface area contributed by atoms with Crippen molar-refractivity contribution in [3.8, 4) is 0 Å². The Morgan fingerprint density at radius 2 is 1.89 bits per heavy atom. The molecule has 1 fully saturated rings. The van der Waals surface area contributed by atoms with Crippen LogP contribution in [0.2, 0.25) is 5.02 Å². The standard InChI is InChI=1S/C16H18ClNO/c17-13-8-5-9-14-15(13)12(10-18-14)16(19)11-6-3-1-2-4-7-11/h5,8-11,18H,1-4,6-7H2. The molecular weight excluding hydrogens is 258 g/mol. The van der Waals surface area contributed by atoms with Gasteiger partial charge in [-0.15, -0.1) is 0 Å². The van der Waals surface area contributed by atoms with Gasteiger partial charge in [0.25, 0.3) is 0 Å². The van der Waals surface area contributed by atoms with E-state index in [1.165, 1.54) is 25.7 Å². The Bertz CT molecular complexity index is 594. The molecule has 3 rings (SSSR count). The summed E-state index contributed by atoms with van der Waals surface area (Å²) in [6.07, 6.45) is 8.74. The van der Waals surface area contributed by atoms with E-state index < -0.39 is 0 Å². The van der Waals surface area contributed by atoms with Crippen LogP contribution in [0.15, 0.2) is 24.4 Å². The highest BCUT2D eigenvalue weighted by Gasteiger charge is 2.24. The summed E-state index contributed by atoms with van der Waals surface area (Å²) >= 11 is 6.25. The number of hydrogen-bond donors (Lipinski definition) is 1. The molecule has 19 heavy (non-hydrogen) atoms. The summed E-state index contributed by atoms with van der Waals surface area (Å²) in [5.41, 5.74) is 1.72. The molecule has 2 nitrogen and oxygen atoms in total. The first-order valence-corrected chi connectivity index (χ1v) is 7.45. The minimum Gasteiger partial charge on any atom is -0.360 e. The second-order valence-corrected chi connectivity index (χ2v) is 5.82. The van der Waals surface area contributed by atoms with Crippen molar-refractivity contribution in [2.45, 2.75) is 38.5 Å². The topological polar surface area (TPSA) is 32.9 Å². The summed E-state index contributed by atoms with van der Waals surface area (Å²) in [4.78, 5) is 15.9. The monoisotopic (exact) mass is 275 g/mol. The predicted octanol–water partition coefficient (Wildman–Crippen LogP) is 4.97. The van der Waals surface area contributed by atoms with Gasteiger partial charge >= 0.3 is 0 Å². The molecule has 0 unspecified atom stereocenters. The van der Waals surface area contributed by atoms with Gasteiger partial charge in [-0.05, 0) is 25.0 Å². The molecule has 1 saturated carbocycles. The molecule has 2 aromatic rings. The maximum atomic E-state index is 12.7. The third-order valence-electron chi connectivity index (χ3n) is 4.15. The van der Waals surface area contributed by atoms with Crippen LogP contribution in [0.4, 0.5) is 0 Å². The fourth-order valence-corrected chi connectivity index (χ4v) is 3.37. The fraction of sp³-hybridized carbons (Fsp3) is 0.438. The third kappa shape index (κ3) is 2.42. The van der Waals surface area contributed by atoms with Crippen molar-refractivity contribution < 1.29 is 4.79 Å². The number of aromatic amines is 1. The van der Waals surface area contributed by atoms with Gasteiger partial charge in [0.05, 0.1) is 5.02 Å². The lowest BCUT2D eigenvalue weighted by molar-refractivity contribution is 0.0909. The van der Waals surface area contributed by atoms with E-state index in [1.807, 2.05) is 24.4 Å². The van der Waals surface area contributed by atoms with Crippen LogP contribution in [0.25, 0.3) is 10.9 Å². The maximum Gasteiger partial charge on any atom is 0.168 e. The van der Waals surface area contributed by atoms with Crippen LogP contribution in [0.1, 0.15) is 48.9 Å². The minimum atomic E-state index is 0.178. The second-order valence-electron chi connectivity index (χ2n) is 5.42. The Morgan fingerprint density at radius 1 is 1.16 bits per heavy atom. The van der Waals surface area contributed by atoms with Crippen LogP contribution in [-0.2, 0) is 0 Å². The van der Waals surface area contributed by atoms with E-state index in [4.69, 9.17) is 11.6 Å². The summed E-state index contributed by atoms with van der Waals surface area (Å²) in [5, 5.41) is 1.55. The zero-order valence-electron chi connectivity index (χ0n) is 10.9. The third-order valence-corrected chi connectivity index (χ3v) is 4.46. The number of H-pyrrole nitrogens is 1. The molecule has 0 spiro atoms. The summed E-state index contributed by atoms with van der Waals surface area (Å²) in [5.74, 6) is 0.444. The van der Waals surface area contributed by atoms with Gasteiger partial charge in [0.15, 0.2) is 5.78 Å². The molecule has 0 atom stereocenters. The number of fused-ring (bicyclic) bond motifs is 1. The molecule has 0 bridgehead atoms. The normalized spacial score (nSPS) is 17.5. The first kappa shape index (κ1) is 12.7. The van der Waals surface area contributed by atoms with Gasteiger partial charge < -0.3 is 4.98 Å². The molecule has 1 heterocycles. The molecule has 1 aromatic carbocycles. The van der Waals surface area contributed by atoms with E-state index in [2.05, 4.69) is 4.98 Å². The molecule has 1 aliphatic carbocycles. The number of aromatic nitrogens is 1. The first-order chi connectivity index (χ1) is 9.27. The van der Waals surface area contributed by atoms with Crippen LogP contribution in [0.3, 0.4) is 0 Å². The lowest BCUT2D eigenvalue weighted by Crippen LogP contribution is -2.13. The zero-order valence-corrected chi connectivity index (χ0v) is 11.7. The van der Waals surface area contributed by atoms with Gasteiger partial charge in [-0.1, -0.05) is 43.4 Å². The number of Topliss-reactive ketones (excluding diaryl/α,β-unsaturated/α-hetero) is 1. The average Bonchev–Trinajstić information content (AvgIpc) is 2.67. The lowest BCUT2D eigenvalue weighted by Gasteiger charge is -2.12. The number of benzene rings is 1. The van der Waals surface area contributed by atoms with Crippen molar-refractivity contribution in [1.29, 1.82) is 0 Å². The fourth-order valence-electron chi connectivity index (χ4n) is 3.10. The average molecular weight is 276 g/mol. The summed E-state index contributed by atoms with van der Waals surface area (Å²) in [7, 11) is 0. The van der Waals surface area contributed by atoms with E-state index in [0.717, 1.165) is 29.3 Å². The first-order valence-electron chi connectivity index (χ1n) is 7.07. The Kier molecular flexibility index (Phi) is 3.61. The Labute approximate surface area is 118 Å². The molecule has 1 aromatic heterocycles. The number of nitrogens with one attached hydrogen (secondary N) is 1. The Morgan fingerprint density at radius 3 is 2.63 bits per heavy atom. The van der Waals surface area contributed by atoms with Gasteiger partial charge in [-0.3, -0.25) is 4.79 Å². The number of rotatable bonds is 2. The minimum absolute atomic E-state index is 0.178. The van der Waals surface area contributed by atoms with Gasteiger partial charge in [0.1, 0.15) is 0 Å². The smallest absolute Gasteiger partial charge is 0.168 e. The summed E-state index contributed by atoms with van der Waals surface area (Å²) in [6, 6.07) is 5.72. The van der Waals surface area contributed by atoms with E-state index in [9.17, 15) is 4.79 Å². The number of hydrogen-bond acceptors (Lipinski definition) is 1. The molecule has 1 aliphatic rings. The highest BCUT2D eigenvalue weighted by atomic mass is 35.5. The molecule has 100 valence electrons. The van der Waals surface area contributed by atoms with Crippen molar-refractivity contribution in [1.82, 2.24) is 4.98 Å². The van der Waals surface area contributed by atoms with Crippen LogP contribution < -0.4 is 0 Å². The van der Waals surface area contributed by atoms with Crippen molar-refractivity contribution in [3.63, 3.8) is 0 Å². The van der Waals surface area contributed by atoms with Crippen LogP contribution in [-0.4, -0.2) is 10.8 Å². The van der Waals surface area contributed by atoms with Gasteiger partial charge in [-0.25, -0.2) is 0 Å². The Hall–Kier alpha value is -1.28. The highest BCUT2D eigenvalue weighted by Crippen LogP contribution is 2.32. The number of carbonyl (C=O) groups excluding carboxylic acids is 1. The molecule has 0 aliphatic heterocycles. The molecule has 1 N–H and O–H groups in total. The van der Waals surface area contributed by atoms with Crippen LogP contribution >= 0.6 is 11.6 Å². The molecule has 0 amide bonds. The van der Waals surface area contributed by atoms with Gasteiger partial charge in [-0.2, -0.15) is 0 Å². The van der Waals surface area contributed by atoms with Gasteiger partial charge in [0.2, 0.25) is 0 Å². The van der Waals surface area contributed by atoms with E-state index in [1.54, 1.807) is 0 Å². The SMILES string of the molecule is O=C(c1c[nH]c2cccc(Cl)c12)C1CCCCCC1. The summed E-state index contributed by atoms with van der Waals surface area (Å²) in [6.45, 7) is 0. The quantitative estimate of drug-likeness (QED) is 0.609. The summed E-state index contributed by atoms with van der Waals surface area (Å²) < 4.78 is 0. The largest absolute Gasteiger partial charge is 0.360 e. The maximum absolute atomic E-state index is 12.7. The van der Waals surface area contributed by atoms with E-state index >= 15 is 0 Å².